The topological polar surface area (TPSA) is 32.8 Å². The number of halogens is 1. The van der Waals surface area contributed by atoms with E-state index in [0.29, 0.717) is 19.7 Å². The molecule has 1 unspecified atom stereocenters. The summed E-state index contributed by atoms with van der Waals surface area (Å²) in [5.41, 5.74) is 3.96. The zero-order chi connectivity index (χ0) is 19.7. The van der Waals surface area contributed by atoms with E-state index in [-0.39, 0.29) is 12.1 Å². The molecule has 0 radical (unpaired) electrons. The number of ether oxygens (including phenoxy) is 1. The lowest BCUT2D eigenvalue weighted by Crippen LogP contribution is -2.50. The van der Waals surface area contributed by atoms with E-state index in [0.717, 1.165) is 24.5 Å². The highest BCUT2D eigenvalue weighted by molar-refractivity contribution is 7.99. The maximum atomic E-state index is 12.0. The van der Waals surface area contributed by atoms with Crippen molar-refractivity contribution >= 4 is 29.5 Å². The highest BCUT2D eigenvalue weighted by Crippen LogP contribution is 2.44. The number of rotatable bonds is 2. The average molecular weight is 417 g/mol. The second kappa shape index (κ2) is 8.36. The molecule has 0 N–H and O–H groups in total. The fourth-order valence-corrected chi connectivity index (χ4v) is 5.31. The lowest BCUT2D eigenvalue weighted by molar-refractivity contribution is 0.0652. The molecule has 2 aliphatic heterocycles. The molecule has 2 aromatic rings. The van der Waals surface area contributed by atoms with Crippen molar-refractivity contribution in [2.24, 2.45) is 0 Å². The highest BCUT2D eigenvalue weighted by atomic mass is 35.5. The van der Waals surface area contributed by atoms with Crippen LogP contribution in [0.5, 0.6) is 0 Å². The third-order valence-corrected chi connectivity index (χ3v) is 6.91. The van der Waals surface area contributed by atoms with Crippen LogP contribution in [0.25, 0.3) is 0 Å². The summed E-state index contributed by atoms with van der Waals surface area (Å²) < 4.78 is 5.16. The molecule has 6 heteroatoms. The number of amides is 1. The van der Waals surface area contributed by atoms with Crippen LogP contribution in [0, 0.1) is 6.92 Å². The molecule has 1 fully saturated rings. The van der Waals surface area contributed by atoms with Crippen molar-refractivity contribution in [3.05, 3.63) is 58.1 Å². The zero-order valence-corrected chi connectivity index (χ0v) is 17.9. The average Bonchev–Trinajstić information content (AvgIpc) is 2.84. The molecule has 0 aromatic heterocycles. The summed E-state index contributed by atoms with van der Waals surface area (Å²) in [6.07, 6.45) is 0.750. The van der Waals surface area contributed by atoms with Crippen LogP contribution in [0.3, 0.4) is 0 Å². The van der Waals surface area contributed by atoms with Crippen LogP contribution < -0.4 is 0 Å². The number of carbonyl (C=O) groups excluding carboxylic acids is 1. The largest absolute Gasteiger partial charge is 0.450 e. The second-order valence-corrected chi connectivity index (χ2v) is 8.86. The van der Waals surface area contributed by atoms with Gasteiger partial charge in [-0.05, 0) is 55.7 Å². The lowest BCUT2D eigenvalue weighted by atomic mass is 9.96. The summed E-state index contributed by atoms with van der Waals surface area (Å²) in [4.78, 5) is 18.9. The molecular weight excluding hydrogens is 392 g/mol. The fraction of sp³-hybridized carbons (Fsp3) is 0.409. The molecule has 1 atom stereocenters. The summed E-state index contributed by atoms with van der Waals surface area (Å²) in [7, 11) is 0. The van der Waals surface area contributed by atoms with Gasteiger partial charge in [-0.2, -0.15) is 0 Å². The summed E-state index contributed by atoms with van der Waals surface area (Å²) in [5, 5.41) is 0.775. The standard InChI is InChI=1S/C22H25ClN2O2S/c1-3-27-22(26)25-10-8-24(9-11-25)19-13-16-12-15(2)4-6-20(16)28-21-7-5-17(23)14-18(19)21/h4-7,12,14,19H,3,8-11,13H2,1-2H3. The van der Waals surface area contributed by atoms with Gasteiger partial charge in [-0.25, -0.2) is 4.79 Å². The van der Waals surface area contributed by atoms with Gasteiger partial charge in [0.15, 0.2) is 0 Å². The molecule has 2 aliphatic rings. The Labute approximate surface area is 175 Å². The van der Waals surface area contributed by atoms with Crippen molar-refractivity contribution in [2.75, 3.05) is 32.8 Å². The molecule has 0 bridgehead atoms. The smallest absolute Gasteiger partial charge is 0.409 e. The van der Waals surface area contributed by atoms with Gasteiger partial charge >= 0.3 is 6.09 Å². The van der Waals surface area contributed by atoms with Gasteiger partial charge in [0, 0.05) is 47.0 Å². The van der Waals surface area contributed by atoms with Crippen LogP contribution in [0.1, 0.15) is 29.7 Å². The Kier molecular flexibility index (Phi) is 5.85. The first kappa shape index (κ1) is 19.6. The molecule has 148 valence electrons. The van der Waals surface area contributed by atoms with E-state index >= 15 is 0 Å². The predicted octanol–water partition coefficient (Wildman–Crippen LogP) is 5.17. The summed E-state index contributed by atoms with van der Waals surface area (Å²) in [5.74, 6) is 0. The molecule has 28 heavy (non-hydrogen) atoms. The number of aryl methyl sites for hydroxylation is 1. The van der Waals surface area contributed by atoms with Crippen molar-refractivity contribution in [1.29, 1.82) is 0 Å². The Hall–Kier alpha value is -1.69. The highest BCUT2D eigenvalue weighted by Gasteiger charge is 2.31. The molecular formula is C22H25ClN2O2S. The third kappa shape index (κ3) is 4.02. The summed E-state index contributed by atoms with van der Waals surface area (Å²) >= 11 is 8.20. The molecule has 1 saturated heterocycles. The Balaban J connectivity index is 1.62. The minimum absolute atomic E-state index is 0.206. The summed E-state index contributed by atoms with van der Waals surface area (Å²) in [6, 6.07) is 13.2. The molecule has 4 nitrogen and oxygen atoms in total. The predicted molar refractivity (Wildman–Crippen MR) is 113 cm³/mol. The Morgan fingerprint density at radius 2 is 1.89 bits per heavy atom. The van der Waals surface area contributed by atoms with E-state index in [1.807, 2.05) is 29.7 Å². The maximum Gasteiger partial charge on any atom is 0.409 e. The van der Waals surface area contributed by atoms with Crippen LogP contribution in [0.15, 0.2) is 46.2 Å². The number of hydrogen-bond donors (Lipinski definition) is 0. The molecule has 0 spiro atoms. The van der Waals surface area contributed by atoms with Crippen LogP contribution in [-0.2, 0) is 11.2 Å². The van der Waals surface area contributed by atoms with E-state index in [9.17, 15) is 4.79 Å². The van der Waals surface area contributed by atoms with Crippen LogP contribution in [0.2, 0.25) is 5.02 Å². The van der Waals surface area contributed by atoms with Crippen molar-refractivity contribution in [2.45, 2.75) is 36.1 Å². The number of hydrogen-bond acceptors (Lipinski definition) is 4. The molecule has 2 aromatic carbocycles. The Morgan fingerprint density at radius 3 is 2.64 bits per heavy atom. The van der Waals surface area contributed by atoms with Crippen LogP contribution in [-0.4, -0.2) is 48.7 Å². The third-order valence-electron chi connectivity index (χ3n) is 5.46. The minimum Gasteiger partial charge on any atom is -0.450 e. The van der Waals surface area contributed by atoms with Crippen molar-refractivity contribution < 1.29 is 9.53 Å². The van der Waals surface area contributed by atoms with Crippen LogP contribution in [0.4, 0.5) is 4.79 Å². The minimum atomic E-state index is -0.206. The van der Waals surface area contributed by atoms with E-state index in [2.05, 4.69) is 42.2 Å². The first-order valence-electron chi connectivity index (χ1n) is 9.77. The van der Waals surface area contributed by atoms with E-state index in [1.165, 1.54) is 26.5 Å². The number of nitrogens with zero attached hydrogens (tertiary/aromatic N) is 2. The molecule has 1 amide bonds. The number of benzene rings is 2. The Morgan fingerprint density at radius 1 is 1.14 bits per heavy atom. The van der Waals surface area contributed by atoms with Crippen molar-refractivity contribution in [1.82, 2.24) is 9.80 Å². The maximum absolute atomic E-state index is 12.0. The van der Waals surface area contributed by atoms with Gasteiger partial charge < -0.3 is 9.64 Å². The molecule has 0 aliphatic carbocycles. The monoisotopic (exact) mass is 416 g/mol. The number of piperazine rings is 1. The van der Waals surface area contributed by atoms with Crippen LogP contribution >= 0.6 is 23.4 Å². The van der Waals surface area contributed by atoms with Crippen molar-refractivity contribution in [3.63, 3.8) is 0 Å². The van der Waals surface area contributed by atoms with Gasteiger partial charge in [0.05, 0.1) is 6.61 Å². The number of carbonyl (C=O) groups is 1. The van der Waals surface area contributed by atoms with Gasteiger partial charge in [0.1, 0.15) is 0 Å². The zero-order valence-electron chi connectivity index (χ0n) is 16.3. The SMILES string of the molecule is CCOC(=O)N1CCN(C2Cc3cc(C)ccc3Sc3ccc(Cl)cc32)CC1. The van der Waals surface area contributed by atoms with Gasteiger partial charge in [0.25, 0.3) is 0 Å². The van der Waals surface area contributed by atoms with Gasteiger partial charge in [-0.3, -0.25) is 4.90 Å². The van der Waals surface area contributed by atoms with Gasteiger partial charge in [-0.15, -0.1) is 0 Å². The second-order valence-electron chi connectivity index (χ2n) is 7.34. The lowest BCUT2D eigenvalue weighted by Gasteiger charge is -2.39. The normalized spacial score (nSPS) is 19.5. The van der Waals surface area contributed by atoms with E-state index in [1.54, 1.807) is 0 Å². The number of fused-ring (bicyclic) bond motifs is 2. The quantitative estimate of drug-likeness (QED) is 0.676. The molecule has 2 heterocycles. The van der Waals surface area contributed by atoms with Gasteiger partial charge in [0.2, 0.25) is 0 Å². The molecule has 0 saturated carbocycles. The van der Waals surface area contributed by atoms with E-state index < -0.39 is 0 Å². The van der Waals surface area contributed by atoms with E-state index in [4.69, 9.17) is 16.3 Å². The first-order valence-corrected chi connectivity index (χ1v) is 11.0. The Bertz CT molecular complexity index is 881. The fourth-order valence-electron chi connectivity index (χ4n) is 4.03. The molecule has 4 rings (SSSR count). The first-order chi connectivity index (χ1) is 13.5. The van der Waals surface area contributed by atoms with Crippen molar-refractivity contribution in [3.8, 4) is 0 Å². The van der Waals surface area contributed by atoms with Gasteiger partial charge in [-0.1, -0.05) is 41.1 Å². The summed E-state index contributed by atoms with van der Waals surface area (Å²) in [6.45, 7) is 7.46.